The molecule has 0 atom stereocenters. The molecule has 0 radical (unpaired) electrons. The van der Waals surface area contributed by atoms with Crippen LogP contribution < -0.4 is 5.32 Å². The molecule has 16 heavy (non-hydrogen) atoms. The summed E-state index contributed by atoms with van der Waals surface area (Å²) >= 11 is 2.35. The van der Waals surface area contributed by atoms with Crippen LogP contribution in [0, 0.1) is 3.57 Å². The maximum absolute atomic E-state index is 4.66. The van der Waals surface area contributed by atoms with Crippen LogP contribution in [0.5, 0.6) is 0 Å². The second-order valence-corrected chi connectivity index (χ2v) is 5.32. The number of halogens is 1. The molecule has 0 bridgehead atoms. The standard InChI is InChI=1S/C12H18IN3/c1-3-7-14-12-10(13)9(4-2)15-11(16-12)8-5-6-8/h8H,3-7H2,1-2H3,(H,14,15,16). The Morgan fingerprint density at radius 1 is 1.31 bits per heavy atom. The third-order valence-electron chi connectivity index (χ3n) is 2.76. The quantitative estimate of drug-likeness (QED) is 0.841. The second kappa shape index (κ2) is 5.29. The molecule has 0 aromatic carbocycles. The van der Waals surface area contributed by atoms with Crippen molar-refractivity contribution in [3.63, 3.8) is 0 Å². The smallest absolute Gasteiger partial charge is 0.143 e. The first-order valence-electron chi connectivity index (χ1n) is 6.06. The third kappa shape index (κ3) is 2.64. The second-order valence-electron chi connectivity index (χ2n) is 4.25. The molecular weight excluding hydrogens is 313 g/mol. The van der Waals surface area contributed by atoms with Gasteiger partial charge in [0.2, 0.25) is 0 Å². The molecule has 0 aliphatic heterocycles. The predicted molar refractivity (Wildman–Crippen MR) is 74.9 cm³/mol. The molecule has 0 unspecified atom stereocenters. The topological polar surface area (TPSA) is 37.8 Å². The normalized spacial score (nSPS) is 15.2. The van der Waals surface area contributed by atoms with Crippen molar-refractivity contribution in [3.05, 3.63) is 15.1 Å². The Balaban J connectivity index is 2.28. The third-order valence-corrected chi connectivity index (χ3v) is 3.89. The molecule has 0 amide bonds. The number of anilines is 1. The van der Waals surface area contributed by atoms with Crippen molar-refractivity contribution >= 4 is 28.4 Å². The molecule has 88 valence electrons. The van der Waals surface area contributed by atoms with Gasteiger partial charge in [-0.2, -0.15) is 0 Å². The first kappa shape index (κ1) is 12.1. The van der Waals surface area contributed by atoms with Crippen LogP contribution in [0.4, 0.5) is 5.82 Å². The number of aromatic nitrogens is 2. The molecule has 2 rings (SSSR count). The molecular formula is C12H18IN3. The molecule has 1 heterocycles. The van der Waals surface area contributed by atoms with Gasteiger partial charge in [-0.15, -0.1) is 0 Å². The Kier molecular flexibility index (Phi) is 4.00. The molecule has 1 N–H and O–H groups in total. The molecule has 4 heteroatoms. The van der Waals surface area contributed by atoms with Crippen molar-refractivity contribution < 1.29 is 0 Å². The van der Waals surface area contributed by atoms with Crippen LogP contribution in [0.1, 0.15) is 50.5 Å². The molecule has 1 fully saturated rings. The van der Waals surface area contributed by atoms with Gasteiger partial charge in [-0.1, -0.05) is 13.8 Å². The number of aryl methyl sites for hydroxylation is 1. The van der Waals surface area contributed by atoms with Crippen LogP contribution in [0.15, 0.2) is 0 Å². The van der Waals surface area contributed by atoms with Gasteiger partial charge in [-0.25, -0.2) is 9.97 Å². The van der Waals surface area contributed by atoms with Crippen molar-refractivity contribution in [2.45, 2.75) is 45.4 Å². The summed E-state index contributed by atoms with van der Waals surface area (Å²) < 4.78 is 1.19. The van der Waals surface area contributed by atoms with Gasteiger partial charge >= 0.3 is 0 Å². The van der Waals surface area contributed by atoms with Crippen molar-refractivity contribution in [3.8, 4) is 0 Å². The van der Waals surface area contributed by atoms with Crippen molar-refractivity contribution in [2.75, 3.05) is 11.9 Å². The number of nitrogens with zero attached hydrogens (tertiary/aromatic N) is 2. The van der Waals surface area contributed by atoms with Crippen LogP contribution in [0.2, 0.25) is 0 Å². The first-order valence-corrected chi connectivity index (χ1v) is 7.14. The Morgan fingerprint density at radius 2 is 2.06 bits per heavy atom. The zero-order valence-corrected chi connectivity index (χ0v) is 12.0. The van der Waals surface area contributed by atoms with Gasteiger partial charge in [0.1, 0.15) is 11.6 Å². The predicted octanol–water partition coefficient (Wildman–Crippen LogP) is 3.34. The van der Waals surface area contributed by atoms with E-state index in [-0.39, 0.29) is 0 Å². The van der Waals surface area contributed by atoms with E-state index < -0.39 is 0 Å². The molecule has 1 aromatic heterocycles. The summed E-state index contributed by atoms with van der Waals surface area (Å²) in [5.41, 5.74) is 1.19. The first-order chi connectivity index (χ1) is 7.76. The molecule has 1 aliphatic rings. The SMILES string of the molecule is CCCNc1nc(C2CC2)nc(CC)c1I. The Bertz CT molecular complexity index is 375. The maximum atomic E-state index is 4.66. The number of rotatable bonds is 5. The van der Waals surface area contributed by atoms with Gasteiger partial charge < -0.3 is 5.32 Å². The van der Waals surface area contributed by atoms with Gasteiger partial charge in [-0.3, -0.25) is 0 Å². The lowest BCUT2D eigenvalue weighted by atomic mass is 10.3. The minimum Gasteiger partial charge on any atom is -0.369 e. The minimum absolute atomic E-state index is 0.629. The van der Waals surface area contributed by atoms with Gasteiger partial charge in [0.05, 0.1) is 9.26 Å². The minimum atomic E-state index is 0.629. The van der Waals surface area contributed by atoms with Crippen molar-refractivity contribution in [1.82, 2.24) is 9.97 Å². The van der Waals surface area contributed by atoms with E-state index in [9.17, 15) is 0 Å². The van der Waals surface area contributed by atoms with Gasteiger partial charge in [0.15, 0.2) is 0 Å². The molecule has 1 aliphatic carbocycles. The highest BCUT2D eigenvalue weighted by Crippen LogP contribution is 2.39. The van der Waals surface area contributed by atoms with E-state index >= 15 is 0 Å². The van der Waals surface area contributed by atoms with E-state index in [1.165, 1.54) is 22.1 Å². The fourth-order valence-corrected chi connectivity index (χ4v) is 2.44. The van der Waals surface area contributed by atoms with E-state index in [2.05, 4.69) is 51.7 Å². The number of hydrogen-bond acceptors (Lipinski definition) is 3. The molecule has 0 saturated heterocycles. The summed E-state index contributed by atoms with van der Waals surface area (Å²) in [6.45, 7) is 5.31. The largest absolute Gasteiger partial charge is 0.369 e. The summed E-state index contributed by atoms with van der Waals surface area (Å²) in [7, 11) is 0. The summed E-state index contributed by atoms with van der Waals surface area (Å²) in [6, 6.07) is 0. The zero-order valence-electron chi connectivity index (χ0n) is 9.89. The maximum Gasteiger partial charge on any atom is 0.143 e. The molecule has 1 saturated carbocycles. The monoisotopic (exact) mass is 331 g/mol. The van der Waals surface area contributed by atoms with E-state index in [0.29, 0.717) is 5.92 Å². The summed E-state index contributed by atoms with van der Waals surface area (Å²) in [5, 5.41) is 3.40. The summed E-state index contributed by atoms with van der Waals surface area (Å²) in [4.78, 5) is 9.31. The van der Waals surface area contributed by atoms with Gasteiger partial charge in [0, 0.05) is 12.5 Å². The highest BCUT2D eigenvalue weighted by molar-refractivity contribution is 14.1. The Hall–Kier alpha value is -0.390. The van der Waals surface area contributed by atoms with E-state index in [1.807, 2.05) is 0 Å². The Labute approximate surface area is 111 Å². The van der Waals surface area contributed by atoms with Crippen LogP contribution in [-0.2, 0) is 6.42 Å². The van der Waals surface area contributed by atoms with E-state index in [0.717, 1.165) is 31.0 Å². The lowest BCUT2D eigenvalue weighted by molar-refractivity contribution is 0.861. The zero-order chi connectivity index (χ0) is 11.5. The lowest BCUT2D eigenvalue weighted by Gasteiger charge is -2.11. The van der Waals surface area contributed by atoms with Crippen LogP contribution in [0.3, 0.4) is 0 Å². The van der Waals surface area contributed by atoms with Crippen LogP contribution in [0.25, 0.3) is 0 Å². The fraction of sp³-hybridized carbons (Fsp3) is 0.667. The average Bonchev–Trinajstić information content (AvgIpc) is 3.11. The molecule has 1 aromatic rings. The van der Waals surface area contributed by atoms with Gasteiger partial charge in [0.25, 0.3) is 0 Å². The average molecular weight is 331 g/mol. The highest BCUT2D eigenvalue weighted by Gasteiger charge is 2.28. The fourth-order valence-electron chi connectivity index (χ4n) is 1.63. The van der Waals surface area contributed by atoms with Crippen LogP contribution >= 0.6 is 22.6 Å². The van der Waals surface area contributed by atoms with E-state index in [1.54, 1.807) is 0 Å². The Morgan fingerprint density at radius 3 is 2.62 bits per heavy atom. The molecule has 3 nitrogen and oxygen atoms in total. The van der Waals surface area contributed by atoms with E-state index in [4.69, 9.17) is 0 Å². The van der Waals surface area contributed by atoms with Crippen LogP contribution in [-0.4, -0.2) is 16.5 Å². The molecule has 0 spiro atoms. The number of nitrogens with one attached hydrogen (secondary N) is 1. The number of hydrogen-bond donors (Lipinski definition) is 1. The van der Waals surface area contributed by atoms with Gasteiger partial charge in [-0.05, 0) is 48.3 Å². The summed E-state index contributed by atoms with van der Waals surface area (Å²) in [6.07, 6.45) is 4.63. The van der Waals surface area contributed by atoms with Crippen molar-refractivity contribution in [2.24, 2.45) is 0 Å². The van der Waals surface area contributed by atoms with Crippen molar-refractivity contribution in [1.29, 1.82) is 0 Å². The highest BCUT2D eigenvalue weighted by atomic mass is 127. The summed E-state index contributed by atoms with van der Waals surface area (Å²) in [5.74, 6) is 2.72. The lowest BCUT2D eigenvalue weighted by Crippen LogP contribution is -2.10.